The van der Waals surface area contributed by atoms with Crippen molar-refractivity contribution in [3.63, 3.8) is 0 Å². The Labute approximate surface area is 86.3 Å². The van der Waals surface area contributed by atoms with Gasteiger partial charge in [-0.15, -0.1) is 0 Å². The van der Waals surface area contributed by atoms with Gasteiger partial charge in [-0.05, 0) is 5.92 Å². The van der Waals surface area contributed by atoms with Crippen molar-refractivity contribution in [1.82, 2.24) is 5.32 Å². The Kier molecular flexibility index (Phi) is 5.43. The van der Waals surface area contributed by atoms with E-state index in [2.05, 4.69) is 5.32 Å². The first-order valence-corrected chi connectivity index (χ1v) is 5.21. The molecule has 3 heteroatoms. The van der Waals surface area contributed by atoms with Crippen LogP contribution in [0.4, 0.5) is 0 Å². The normalized spacial score (nSPS) is 15.0. The molecule has 0 aliphatic carbocycles. The molecule has 82 valence electrons. The maximum Gasteiger partial charge on any atom is 0.217 e. The first-order chi connectivity index (χ1) is 6.40. The number of hydrogen-bond acceptors (Lipinski definition) is 2. The molecular weight excluding hydrogens is 178 g/mol. The van der Waals surface area contributed by atoms with Crippen LogP contribution in [0.15, 0.2) is 0 Å². The van der Waals surface area contributed by atoms with Crippen LogP contribution in [0.2, 0.25) is 0 Å². The first kappa shape index (κ1) is 13.1. The average Bonchev–Trinajstić information content (AvgIpc) is 2.11. The van der Waals surface area contributed by atoms with Gasteiger partial charge in [0.05, 0.1) is 6.04 Å². The minimum atomic E-state index is -0.322. The van der Waals surface area contributed by atoms with Gasteiger partial charge in [0.25, 0.3) is 0 Å². The fourth-order valence-corrected chi connectivity index (χ4v) is 1.31. The van der Waals surface area contributed by atoms with Gasteiger partial charge in [-0.2, -0.15) is 0 Å². The fraction of sp³-hybridized carbons (Fsp3) is 0.818. The summed E-state index contributed by atoms with van der Waals surface area (Å²) in [5.41, 5.74) is 0. The summed E-state index contributed by atoms with van der Waals surface area (Å²) in [7, 11) is 0. The van der Waals surface area contributed by atoms with Crippen LogP contribution in [0.1, 0.15) is 41.0 Å². The molecule has 14 heavy (non-hydrogen) atoms. The van der Waals surface area contributed by atoms with E-state index >= 15 is 0 Å². The zero-order chi connectivity index (χ0) is 11.3. The summed E-state index contributed by atoms with van der Waals surface area (Å²) >= 11 is 0. The largest absolute Gasteiger partial charge is 0.346 e. The lowest BCUT2D eigenvalue weighted by Crippen LogP contribution is -2.45. The Bertz CT molecular complexity index is 211. The highest BCUT2D eigenvalue weighted by molar-refractivity contribution is 5.89. The molecule has 0 radical (unpaired) electrons. The molecule has 0 aromatic heterocycles. The van der Waals surface area contributed by atoms with Crippen LogP contribution in [0.5, 0.6) is 0 Å². The van der Waals surface area contributed by atoms with Crippen LogP contribution in [0, 0.1) is 11.8 Å². The van der Waals surface area contributed by atoms with E-state index in [1.165, 1.54) is 6.92 Å². The highest BCUT2D eigenvalue weighted by Crippen LogP contribution is 2.12. The zero-order valence-corrected chi connectivity index (χ0v) is 9.76. The van der Waals surface area contributed by atoms with Crippen LogP contribution in [0.3, 0.4) is 0 Å². The van der Waals surface area contributed by atoms with E-state index in [4.69, 9.17) is 0 Å². The summed E-state index contributed by atoms with van der Waals surface area (Å²) in [6.45, 7) is 9.18. The number of Topliss-reactive ketones (excluding diaryl/α,β-unsaturated/α-hetero) is 1. The molecule has 0 unspecified atom stereocenters. The summed E-state index contributed by atoms with van der Waals surface area (Å²) in [4.78, 5) is 22.7. The minimum Gasteiger partial charge on any atom is -0.346 e. The molecule has 1 amide bonds. The highest BCUT2D eigenvalue weighted by Gasteiger charge is 2.26. The van der Waals surface area contributed by atoms with Crippen LogP contribution >= 0.6 is 0 Å². The third kappa shape index (κ3) is 3.90. The van der Waals surface area contributed by atoms with Crippen molar-refractivity contribution in [1.29, 1.82) is 0 Å². The summed E-state index contributed by atoms with van der Waals surface area (Å²) in [6, 6.07) is -0.322. The van der Waals surface area contributed by atoms with Gasteiger partial charge in [0.1, 0.15) is 0 Å². The van der Waals surface area contributed by atoms with Crippen molar-refractivity contribution in [2.75, 3.05) is 0 Å². The lowest BCUT2D eigenvalue weighted by molar-refractivity contribution is -0.129. The first-order valence-electron chi connectivity index (χ1n) is 5.21. The monoisotopic (exact) mass is 199 g/mol. The van der Waals surface area contributed by atoms with Crippen LogP contribution in [-0.4, -0.2) is 17.7 Å². The van der Waals surface area contributed by atoms with E-state index in [1.807, 2.05) is 27.7 Å². The zero-order valence-electron chi connectivity index (χ0n) is 9.76. The number of carbonyl (C=O) groups excluding carboxylic acids is 2. The molecule has 0 saturated heterocycles. The maximum atomic E-state index is 11.8. The molecule has 0 aromatic rings. The van der Waals surface area contributed by atoms with Crippen molar-refractivity contribution in [3.05, 3.63) is 0 Å². The minimum absolute atomic E-state index is 0.0270. The number of ketones is 1. The topological polar surface area (TPSA) is 46.2 Å². The van der Waals surface area contributed by atoms with Crippen molar-refractivity contribution in [3.8, 4) is 0 Å². The maximum absolute atomic E-state index is 11.8. The molecule has 0 bridgehead atoms. The van der Waals surface area contributed by atoms with E-state index in [9.17, 15) is 9.59 Å². The van der Waals surface area contributed by atoms with Gasteiger partial charge < -0.3 is 5.32 Å². The van der Waals surface area contributed by atoms with Crippen molar-refractivity contribution >= 4 is 11.7 Å². The number of rotatable bonds is 5. The molecule has 0 heterocycles. The molecule has 2 atom stereocenters. The van der Waals surface area contributed by atoms with Gasteiger partial charge in [0, 0.05) is 12.8 Å². The molecule has 0 aliphatic rings. The quantitative estimate of drug-likeness (QED) is 0.733. The van der Waals surface area contributed by atoms with Gasteiger partial charge in [0.15, 0.2) is 5.78 Å². The lowest BCUT2D eigenvalue weighted by atomic mass is 9.90. The molecule has 1 N–H and O–H groups in total. The molecule has 0 aromatic carbocycles. The third-order valence-electron chi connectivity index (χ3n) is 2.45. The molecule has 0 rings (SSSR count). The Morgan fingerprint density at radius 3 is 2.00 bits per heavy atom. The average molecular weight is 199 g/mol. The molecule has 0 fully saturated rings. The van der Waals surface area contributed by atoms with Gasteiger partial charge in [-0.3, -0.25) is 9.59 Å². The summed E-state index contributed by atoms with van der Waals surface area (Å²) in [5, 5.41) is 2.72. The molecule has 0 aliphatic heterocycles. The summed E-state index contributed by atoms with van der Waals surface area (Å²) in [5.74, 6) is 0.161. The standard InChI is InChI=1S/C11H21NO2/c1-6-8(4)10(12-9(5)13)11(14)7(2)3/h7-8,10H,6H2,1-5H3,(H,12,13)/t8-,10+/m1/s1. The second-order valence-electron chi connectivity index (χ2n) is 4.12. The number of carbonyl (C=O) groups is 2. The van der Waals surface area contributed by atoms with E-state index in [0.717, 1.165) is 6.42 Å². The summed E-state index contributed by atoms with van der Waals surface area (Å²) < 4.78 is 0. The Morgan fingerprint density at radius 1 is 1.21 bits per heavy atom. The van der Waals surface area contributed by atoms with Crippen molar-refractivity contribution in [2.24, 2.45) is 11.8 Å². The molecular formula is C11H21NO2. The Hall–Kier alpha value is -0.860. The smallest absolute Gasteiger partial charge is 0.217 e. The fourth-order valence-electron chi connectivity index (χ4n) is 1.31. The highest BCUT2D eigenvalue weighted by atomic mass is 16.2. The Morgan fingerprint density at radius 2 is 1.71 bits per heavy atom. The van der Waals surface area contributed by atoms with Crippen LogP contribution < -0.4 is 5.32 Å². The second-order valence-corrected chi connectivity index (χ2v) is 4.12. The van der Waals surface area contributed by atoms with Gasteiger partial charge in [-0.25, -0.2) is 0 Å². The SMILES string of the molecule is CC[C@@H](C)[C@H](NC(C)=O)C(=O)C(C)C. The second kappa shape index (κ2) is 5.78. The molecule has 0 saturated carbocycles. The van der Waals surface area contributed by atoms with Crippen molar-refractivity contribution in [2.45, 2.75) is 47.1 Å². The van der Waals surface area contributed by atoms with Gasteiger partial charge >= 0.3 is 0 Å². The predicted molar refractivity (Wildman–Crippen MR) is 56.9 cm³/mol. The third-order valence-corrected chi connectivity index (χ3v) is 2.45. The predicted octanol–water partition coefficient (Wildman–Crippen LogP) is 1.76. The van der Waals surface area contributed by atoms with Crippen LogP contribution in [0.25, 0.3) is 0 Å². The lowest BCUT2D eigenvalue weighted by Gasteiger charge is -2.24. The molecule has 3 nitrogen and oxygen atoms in total. The number of nitrogens with one attached hydrogen (secondary N) is 1. The van der Waals surface area contributed by atoms with Gasteiger partial charge in [-0.1, -0.05) is 34.1 Å². The van der Waals surface area contributed by atoms with Gasteiger partial charge in [0.2, 0.25) is 5.91 Å². The van der Waals surface area contributed by atoms with E-state index in [1.54, 1.807) is 0 Å². The number of amides is 1. The van der Waals surface area contributed by atoms with E-state index in [0.29, 0.717) is 0 Å². The van der Waals surface area contributed by atoms with Crippen LogP contribution in [-0.2, 0) is 9.59 Å². The summed E-state index contributed by atoms with van der Waals surface area (Å²) in [6.07, 6.45) is 0.892. The molecule has 0 spiro atoms. The van der Waals surface area contributed by atoms with E-state index in [-0.39, 0.29) is 29.6 Å². The van der Waals surface area contributed by atoms with E-state index < -0.39 is 0 Å². The van der Waals surface area contributed by atoms with Crippen molar-refractivity contribution < 1.29 is 9.59 Å². The Balaban J connectivity index is 4.54. The number of hydrogen-bond donors (Lipinski definition) is 1.